The smallest absolute Gasteiger partial charge is 0.297 e. The van der Waals surface area contributed by atoms with Gasteiger partial charge in [-0.05, 0) is 49.2 Å². The molecular weight excluding hydrogens is 286 g/mol. The molecule has 3 aromatic rings. The molecule has 0 N–H and O–H groups in total. The van der Waals surface area contributed by atoms with Gasteiger partial charge < -0.3 is 4.74 Å². The Morgan fingerprint density at radius 1 is 0.955 bits per heavy atom. The molecule has 0 aliphatic rings. The van der Waals surface area contributed by atoms with E-state index >= 15 is 0 Å². The molecule has 5 heteroatoms. The summed E-state index contributed by atoms with van der Waals surface area (Å²) >= 11 is 0. The van der Waals surface area contributed by atoms with Crippen LogP contribution in [0.15, 0.2) is 42.5 Å². The molecule has 112 valence electrons. The maximum Gasteiger partial charge on any atom is 0.297 e. The van der Waals surface area contributed by atoms with Crippen molar-refractivity contribution in [2.45, 2.75) is 20.3 Å². The molecule has 0 unspecified atom stereocenters. The first kappa shape index (κ1) is 14.4. The van der Waals surface area contributed by atoms with Gasteiger partial charge in [0.05, 0.1) is 10.9 Å². The van der Waals surface area contributed by atoms with Gasteiger partial charge >= 0.3 is 0 Å². The van der Waals surface area contributed by atoms with E-state index < -0.39 is 12.2 Å². The lowest BCUT2D eigenvalue weighted by molar-refractivity contribution is 0.140. The quantitative estimate of drug-likeness (QED) is 0.684. The Kier molecular flexibility index (Phi) is 3.71. The van der Waals surface area contributed by atoms with Crippen LogP contribution in [0, 0.1) is 13.8 Å². The van der Waals surface area contributed by atoms with E-state index in [1.165, 1.54) is 0 Å². The van der Waals surface area contributed by atoms with Crippen LogP contribution in [0.4, 0.5) is 8.78 Å². The molecule has 0 fully saturated rings. The molecule has 0 saturated heterocycles. The summed E-state index contributed by atoms with van der Waals surface area (Å²) in [7, 11) is 0. The zero-order valence-electron chi connectivity index (χ0n) is 12.2. The Hall–Kier alpha value is -2.56. The number of alkyl halides is 2. The first-order valence-electron chi connectivity index (χ1n) is 6.84. The highest BCUT2D eigenvalue weighted by atomic mass is 19.3. The van der Waals surface area contributed by atoms with E-state index in [1.54, 1.807) is 30.3 Å². The van der Waals surface area contributed by atoms with Gasteiger partial charge in [0.25, 0.3) is 6.43 Å². The lowest BCUT2D eigenvalue weighted by Crippen LogP contribution is -1.99. The molecule has 0 saturated carbocycles. The highest BCUT2D eigenvalue weighted by Crippen LogP contribution is 2.30. The summed E-state index contributed by atoms with van der Waals surface area (Å²) in [5, 5.41) is 0.602. The van der Waals surface area contributed by atoms with E-state index in [9.17, 15) is 8.78 Å². The minimum atomic E-state index is -2.74. The third-order valence-electron chi connectivity index (χ3n) is 3.47. The molecule has 0 atom stereocenters. The molecule has 2 aromatic carbocycles. The fourth-order valence-corrected chi connectivity index (χ4v) is 2.13. The number of para-hydroxylation sites is 1. The van der Waals surface area contributed by atoms with Crippen LogP contribution >= 0.6 is 0 Å². The molecular formula is C17H14F2N2O. The van der Waals surface area contributed by atoms with Gasteiger partial charge in [0.2, 0.25) is 5.88 Å². The first-order valence-corrected chi connectivity index (χ1v) is 6.84. The molecule has 1 heterocycles. The van der Waals surface area contributed by atoms with Crippen LogP contribution in [-0.4, -0.2) is 9.97 Å². The minimum Gasteiger partial charge on any atom is -0.438 e. The molecule has 0 amide bonds. The molecule has 3 rings (SSSR count). The summed E-state index contributed by atoms with van der Waals surface area (Å²) in [5.41, 5.74) is 2.63. The molecule has 0 aliphatic heterocycles. The van der Waals surface area contributed by atoms with Gasteiger partial charge in [0.15, 0.2) is 5.82 Å². The van der Waals surface area contributed by atoms with Gasteiger partial charge in [-0.2, -0.15) is 4.98 Å². The van der Waals surface area contributed by atoms with Gasteiger partial charge in [0.1, 0.15) is 5.75 Å². The fraction of sp³-hybridized carbons (Fsp3) is 0.176. The zero-order valence-corrected chi connectivity index (χ0v) is 12.2. The summed E-state index contributed by atoms with van der Waals surface area (Å²) in [6.07, 6.45) is -2.74. The largest absolute Gasteiger partial charge is 0.438 e. The van der Waals surface area contributed by atoms with Crippen LogP contribution in [0.3, 0.4) is 0 Å². The van der Waals surface area contributed by atoms with Gasteiger partial charge in [-0.15, -0.1) is 0 Å². The second-order valence-corrected chi connectivity index (χ2v) is 5.05. The van der Waals surface area contributed by atoms with Crippen LogP contribution in [0.5, 0.6) is 11.6 Å². The van der Waals surface area contributed by atoms with Crippen LogP contribution in [0.1, 0.15) is 23.4 Å². The third-order valence-corrected chi connectivity index (χ3v) is 3.47. The summed E-state index contributed by atoms with van der Waals surface area (Å²) in [6, 6.07) is 12.5. The number of ether oxygens (including phenoxy) is 1. The summed E-state index contributed by atoms with van der Waals surface area (Å²) < 4.78 is 31.6. The van der Waals surface area contributed by atoms with E-state index in [-0.39, 0.29) is 5.88 Å². The maximum atomic E-state index is 13.0. The van der Waals surface area contributed by atoms with Crippen LogP contribution in [0.25, 0.3) is 10.9 Å². The molecule has 0 spiro atoms. The van der Waals surface area contributed by atoms with E-state index in [0.29, 0.717) is 16.7 Å². The zero-order chi connectivity index (χ0) is 15.7. The average molecular weight is 300 g/mol. The van der Waals surface area contributed by atoms with Gasteiger partial charge in [0, 0.05) is 0 Å². The number of benzene rings is 2. The van der Waals surface area contributed by atoms with Crippen LogP contribution < -0.4 is 4.74 Å². The predicted molar refractivity (Wildman–Crippen MR) is 80.5 cm³/mol. The van der Waals surface area contributed by atoms with Crippen molar-refractivity contribution in [1.82, 2.24) is 9.97 Å². The molecule has 3 nitrogen and oxygen atoms in total. The monoisotopic (exact) mass is 300 g/mol. The normalized spacial score (nSPS) is 11.1. The first-order chi connectivity index (χ1) is 10.5. The number of hydrogen-bond acceptors (Lipinski definition) is 3. The van der Waals surface area contributed by atoms with E-state index in [2.05, 4.69) is 9.97 Å². The van der Waals surface area contributed by atoms with Crippen molar-refractivity contribution < 1.29 is 13.5 Å². The summed E-state index contributed by atoms with van der Waals surface area (Å²) in [5.74, 6) is 0.175. The topological polar surface area (TPSA) is 35.0 Å². The van der Waals surface area contributed by atoms with E-state index in [1.807, 2.05) is 26.0 Å². The molecule has 1 aromatic heterocycles. The molecule has 0 aliphatic carbocycles. The van der Waals surface area contributed by atoms with Crippen molar-refractivity contribution in [2.24, 2.45) is 0 Å². The van der Waals surface area contributed by atoms with Gasteiger partial charge in [-0.1, -0.05) is 18.2 Å². The third kappa shape index (κ3) is 2.74. The van der Waals surface area contributed by atoms with Gasteiger partial charge in [-0.25, -0.2) is 13.8 Å². The Morgan fingerprint density at radius 3 is 2.45 bits per heavy atom. The number of fused-ring (bicyclic) bond motifs is 1. The number of hydrogen-bond donors (Lipinski definition) is 0. The fourth-order valence-electron chi connectivity index (χ4n) is 2.13. The summed E-state index contributed by atoms with van der Waals surface area (Å²) in [6.45, 7) is 3.96. The van der Waals surface area contributed by atoms with Crippen LogP contribution in [-0.2, 0) is 0 Å². The highest BCUT2D eigenvalue weighted by molar-refractivity contribution is 5.83. The second-order valence-electron chi connectivity index (χ2n) is 5.05. The second kappa shape index (κ2) is 5.67. The van der Waals surface area contributed by atoms with E-state index in [4.69, 9.17) is 4.74 Å². The van der Waals surface area contributed by atoms with E-state index in [0.717, 1.165) is 11.1 Å². The predicted octanol–water partition coefficient (Wildman–Crippen LogP) is 4.98. The molecule has 0 bridgehead atoms. The van der Waals surface area contributed by atoms with Gasteiger partial charge in [-0.3, -0.25) is 0 Å². The van der Waals surface area contributed by atoms with Crippen molar-refractivity contribution in [3.8, 4) is 11.6 Å². The molecule has 22 heavy (non-hydrogen) atoms. The SMILES string of the molecule is Cc1ccc(Oc2nc(C(F)F)nc3ccccc23)cc1C. The van der Waals surface area contributed by atoms with Crippen molar-refractivity contribution in [3.05, 3.63) is 59.4 Å². The van der Waals surface area contributed by atoms with Crippen molar-refractivity contribution in [1.29, 1.82) is 0 Å². The summed E-state index contributed by atoms with van der Waals surface area (Å²) in [4.78, 5) is 7.73. The lowest BCUT2D eigenvalue weighted by atomic mass is 10.1. The standard InChI is InChI=1S/C17H14F2N2O/c1-10-7-8-12(9-11(10)2)22-17-13-5-3-4-6-14(13)20-16(21-17)15(18)19/h3-9,15H,1-2H3. The van der Waals surface area contributed by atoms with Crippen molar-refractivity contribution in [3.63, 3.8) is 0 Å². The Labute approximate surface area is 126 Å². The Bertz CT molecular complexity index is 834. The highest BCUT2D eigenvalue weighted by Gasteiger charge is 2.16. The minimum absolute atomic E-state index is 0.143. The number of halogens is 2. The number of rotatable bonds is 3. The maximum absolute atomic E-state index is 13.0. The van der Waals surface area contributed by atoms with Crippen molar-refractivity contribution in [2.75, 3.05) is 0 Å². The average Bonchev–Trinajstić information content (AvgIpc) is 2.50. The number of aryl methyl sites for hydroxylation is 2. The number of aromatic nitrogens is 2. The van der Waals surface area contributed by atoms with Crippen LogP contribution in [0.2, 0.25) is 0 Å². The van der Waals surface area contributed by atoms with Crippen molar-refractivity contribution >= 4 is 10.9 Å². The Balaban J connectivity index is 2.10. The lowest BCUT2D eigenvalue weighted by Gasteiger charge is -2.10. The number of nitrogens with zero attached hydrogens (tertiary/aromatic N) is 2. The molecule has 0 radical (unpaired) electrons. The Morgan fingerprint density at radius 2 is 1.73 bits per heavy atom.